The van der Waals surface area contributed by atoms with Crippen LogP contribution in [-0.2, 0) is 6.54 Å². The largest absolute Gasteiger partial charge is 0.396 e. The molecule has 1 fully saturated rings. The van der Waals surface area contributed by atoms with Gasteiger partial charge in [-0.2, -0.15) is 0 Å². The van der Waals surface area contributed by atoms with Crippen LogP contribution in [0.5, 0.6) is 0 Å². The molecule has 5 heteroatoms. The molecule has 1 saturated heterocycles. The zero-order chi connectivity index (χ0) is 16.4. The highest BCUT2D eigenvalue weighted by atomic mass is 16.3. The van der Waals surface area contributed by atoms with E-state index in [-0.39, 0.29) is 12.5 Å². The monoisotopic (exact) mass is 322 g/mol. The molecule has 0 aliphatic carbocycles. The van der Waals surface area contributed by atoms with Crippen LogP contribution in [0.2, 0.25) is 0 Å². The predicted octanol–water partition coefficient (Wildman–Crippen LogP) is 2.33. The van der Waals surface area contributed by atoms with Gasteiger partial charge in [-0.05, 0) is 24.4 Å². The Morgan fingerprint density at radius 2 is 2.04 bits per heavy atom. The summed E-state index contributed by atoms with van der Waals surface area (Å²) in [6, 6.07) is 10.6. The van der Waals surface area contributed by atoms with Crippen molar-refractivity contribution in [3.63, 3.8) is 0 Å². The van der Waals surface area contributed by atoms with Crippen molar-refractivity contribution < 1.29 is 5.11 Å². The Hall–Kier alpha value is -2.24. The van der Waals surface area contributed by atoms with Crippen LogP contribution in [0.15, 0.2) is 55.1 Å². The zero-order valence-electron chi connectivity index (χ0n) is 13.6. The molecule has 1 aromatic carbocycles. The molecule has 0 bridgehead atoms. The van der Waals surface area contributed by atoms with Gasteiger partial charge in [0.1, 0.15) is 0 Å². The first-order valence-electron chi connectivity index (χ1n) is 8.49. The Morgan fingerprint density at radius 3 is 2.88 bits per heavy atom. The fraction of sp³-hybridized carbons (Fsp3) is 0.368. The lowest BCUT2D eigenvalue weighted by Crippen LogP contribution is -2.40. The molecule has 3 heterocycles. The lowest BCUT2D eigenvalue weighted by molar-refractivity contribution is 0.0963. The molecule has 2 aromatic heterocycles. The number of hydrogen-bond donors (Lipinski definition) is 1. The van der Waals surface area contributed by atoms with Crippen LogP contribution in [0.25, 0.3) is 5.65 Å². The van der Waals surface area contributed by atoms with Gasteiger partial charge in [0.15, 0.2) is 5.65 Å². The number of aliphatic hydroxyl groups is 1. The van der Waals surface area contributed by atoms with Crippen LogP contribution in [0.3, 0.4) is 0 Å². The lowest BCUT2D eigenvalue weighted by atomic mass is 9.81. The Morgan fingerprint density at radius 1 is 1.17 bits per heavy atom. The predicted molar refractivity (Wildman–Crippen MR) is 92.6 cm³/mol. The average Bonchev–Trinajstić information content (AvgIpc) is 3.05. The minimum Gasteiger partial charge on any atom is -0.396 e. The van der Waals surface area contributed by atoms with E-state index in [9.17, 15) is 5.11 Å². The van der Waals surface area contributed by atoms with E-state index in [2.05, 4.69) is 43.5 Å². The molecule has 2 atom stereocenters. The van der Waals surface area contributed by atoms with Crippen molar-refractivity contribution in [3.05, 3.63) is 66.4 Å². The van der Waals surface area contributed by atoms with Gasteiger partial charge in [-0.15, -0.1) is 0 Å². The molecule has 24 heavy (non-hydrogen) atoms. The molecule has 0 unspecified atom stereocenters. The van der Waals surface area contributed by atoms with E-state index in [0.29, 0.717) is 5.92 Å². The molecular weight excluding hydrogens is 300 g/mol. The quantitative estimate of drug-likeness (QED) is 0.801. The van der Waals surface area contributed by atoms with Crippen LogP contribution in [-0.4, -0.2) is 44.1 Å². The minimum absolute atomic E-state index is 0.229. The second-order valence-electron chi connectivity index (χ2n) is 6.54. The fourth-order valence-corrected chi connectivity index (χ4v) is 3.82. The summed E-state index contributed by atoms with van der Waals surface area (Å²) in [6.45, 7) is 3.03. The Kier molecular flexibility index (Phi) is 4.28. The maximum atomic E-state index is 9.89. The second kappa shape index (κ2) is 6.71. The third-order valence-electron chi connectivity index (χ3n) is 5.06. The SMILES string of the molecule is OC[C@H]1CN(Cc2cnc3cnccn23)CC[C@H]1c1ccccc1. The van der Waals surface area contributed by atoms with E-state index in [1.165, 1.54) is 11.3 Å². The van der Waals surface area contributed by atoms with E-state index in [1.54, 1.807) is 12.4 Å². The smallest absolute Gasteiger partial charge is 0.155 e. The standard InChI is InChI=1S/C19H22N4O/c24-14-16-12-22(8-6-18(16)15-4-2-1-3-5-15)13-17-10-21-19-11-20-7-9-23(17)19/h1-5,7,9-11,16,18,24H,6,8,12-14H2/t16-,18+/m1/s1. The number of aliphatic hydroxyl groups excluding tert-OH is 1. The molecule has 0 amide bonds. The average molecular weight is 322 g/mol. The Bertz CT molecular complexity index is 801. The van der Waals surface area contributed by atoms with Gasteiger partial charge >= 0.3 is 0 Å². The lowest BCUT2D eigenvalue weighted by Gasteiger charge is -2.38. The van der Waals surface area contributed by atoms with Crippen LogP contribution in [0, 0.1) is 5.92 Å². The number of aromatic nitrogens is 3. The summed E-state index contributed by atoms with van der Waals surface area (Å²) in [5.74, 6) is 0.723. The number of hydrogen-bond acceptors (Lipinski definition) is 4. The number of nitrogens with zero attached hydrogens (tertiary/aromatic N) is 4. The summed E-state index contributed by atoms with van der Waals surface area (Å²) >= 11 is 0. The second-order valence-corrected chi connectivity index (χ2v) is 6.54. The third-order valence-corrected chi connectivity index (χ3v) is 5.06. The summed E-state index contributed by atoms with van der Waals surface area (Å²) in [5, 5.41) is 9.89. The van der Waals surface area contributed by atoms with Gasteiger partial charge in [-0.3, -0.25) is 14.3 Å². The summed E-state index contributed by atoms with van der Waals surface area (Å²) in [5.41, 5.74) is 3.39. The highest BCUT2D eigenvalue weighted by Gasteiger charge is 2.30. The maximum Gasteiger partial charge on any atom is 0.155 e. The molecule has 0 saturated carbocycles. The van der Waals surface area contributed by atoms with Crippen molar-refractivity contribution in [3.8, 4) is 0 Å². The summed E-state index contributed by atoms with van der Waals surface area (Å²) in [6.07, 6.45) is 8.53. The van der Waals surface area contributed by atoms with E-state index in [0.717, 1.165) is 31.7 Å². The van der Waals surface area contributed by atoms with Crippen molar-refractivity contribution >= 4 is 5.65 Å². The molecule has 1 N–H and O–H groups in total. The van der Waals surface area contributed by atoms with Gasteiger partial charge < -0.3 is 5.11 Å². The van der Waals surface area contributed by atoms with Crippen molar-refractivity contribution in [2.75, 3.05) is 19.7 Å². The number of piperidine rings is 1. The van der Waals surface area contributed by atoms with Crippen LogP contribution >= 0.6 is 0 Å². The number of fused-ring (bicyclic) bond motifs is 1. The summed E-state index contributed by atoms with van der Waals surface area (Å²) < 4.78 is 2.09. The van der Waals surface area contributed by atoms with Crippen molar-refractivity contribution in [2.45, 2.75) is 18.9 Å². The minimum atomic E-state index is 0.229. The molecule has 1 aliphatic rings. The number of benzene rings is 1. The zero-order valence-corrected chi connectivity index (χ0v) is 13.6. The van der Waals surface area contributed by atoms with E-state index in [1.807, 2.05) is 18.5 Å². The van der Waals surface area contributed by atoms with Gasteiger partial charge in [0, 0.05) is 38.0 Å². The van der Waals surface area contributed by atoms with E-state index < -0.39 is 0 Å². The molecule has 0 spiro atoms. The number of likely N-dealkylation sites (tertiary alicyclic amines) is 1. The van der Waals surface area contributed by atoms with Crippen molar-refractivity contribution in [1.82, 2.24) is 19.3 Å². The first-order valence-corrected chi connectivity index (χ1v) is 8.49. The molecule has 0 radical (unpaired) electrons. The topological polar surface area (TPSA) is 53.7 Å². The van der Waals surface area contributed by atoms with E-state index in [4.69, 9.17) is 0 Å². The molecule has 4 rings (SSSR count). The molecular formula is C19H22N4O. The van der Waals surface area contributed by atoms with Gasteiger partial charge in [-0.1, -0.05) is 30.3 Å². The van der Waals surface area contributed by atoms with Gasteiger partial charge in [0.2, 0.25) is 0 Å². The number of imidazole rings is 1. The highest BCUT2D eigenvalue weighted by molar-refractivity contribution is 5.36. The van der Waals surface area contributed by atoms with Crippen LogP contribution < -0.4 is 0 Å². The molecule has 1 aliphatic heterocycles. The van der Waals surface area contributed by atoms with Crippen molar-refractivity contribution in [1.29, 1.82) is 0 Å². The summed E-state index contributed by atoms with van der Waals surface area (Å²) in [4.78, 5) is 10.9. The van der Waals surface area contributed by atoms with Gasteiger partial charge in [0.05, 0.1) is 18.1 Å². The van der Waals surface area contributed by atoms with Gasteiger partial charge in [0.25, 0.3) is 0 Å². The van der Waals surface area contributed by atoms with Crippen LogP contribution in [0.4, 0.5) is 0 Å². The Balaban J connectivity index is 1.49. The first kappa shape index (κ1) is 15.3. The third kappa shape index (κ3) is 2.92. The van der Waals surface area contributed by atoms with E-state index >= 15 is 0 Å². The molecule has 124 valence electrons. The number of rotatable bonds is 4. The Labute approximate surface area is 141 Å². The van der Waals surface area contributed by atoms with Gasteiger partial charge in [-0.25, -0.2) is 4.98 Å². The van der Waals surface area contributed by atoms with Crippen molar-refractivity contribution in [2.24, 2.45) is 5.92 Å². The fourth-order valence-electron chi connectivity index (χ4n) is 3.82. The highest BCUT2D eigenvalue weighted by Crippen LogP contribution is 2.33. The molecule has 5 nitrogen and oxygen atoms in total. The first-order chi connectivity index (χ1) is 11.8. The molecule has 3 aromatic rings. The van der Waals surface area contributed by atoms with Crippen LogP contribution in [0.1, 0.15) is 23.6 Å². The maximum absolute atomic E-state index is 9.89. The summed E-state index contributed by atoms with van der Waals surface area (Å²) in [7, 11) is 0. The normalized spacial score (nSPS) is 22.0.